The SMILES string of the molecule is CCCc1c(NC)ncnc1NC1CCCN(Cc2ccccc2)C1. The molecule has 1 fully saturated rings. The van der Waals surface area contributed by atoms with E-state index in [0.29, 0.717) is 6.04 Å². The molecule has 2 aromatic rings. The second-order valence-electron chi connectivity index (χ2n) is 6.75. The van der Waals surface area contributed by atoms with Gasteiger partial charge in [0, 0.05) is 31.7 Å². The van der Waals surface area contributed by atoms with E-state index in [1.165, 1.54) is 30.5 Å². The molecule has 5 nitrogen and oxygen atoms in total. The highest BCUT2D eigenvalue weighted by Gasteiger charge is 2.21. The summed E-state index contributed by atoms with van der Waals surface area (Å²) < 4.78 is 0. The van der Waals surface area contributed by atoms with Gasteiger partial charge in [0.05, 0.1) is 0 Å². The first-order valence-corrected chi connectivity index (χ1v) is 9.34. The Labute approximate surface area is 150 Å². The summed E-state index contributed by atoms with van der Waals surface area (Å²) in [5.74, 6) is 1.93. The fourth-order valence-corrected chi connectivity index (χ4v) is 3.59. The van der Waals surface area contributed by atoms with E-state index < -0.39 is 0 Å². The molecule has 1 aliphatic rings. The van der Waals surface area contributed by atoms with Gasteiger partial charge in [-0.3, -0.25) is 4.90 Å². The van der Waals surface area contributed by atoms with Crippen molar-refractivity contribution in [1.29, 1.82) is 0 Å². The normalized spacial score (nSPS) is 18.1. The van der Waals surface area contributed by atoms with Gasteiger partial charge in [-0.1, -0.05) is 43.7 Å². The molecule has 3 rings (SSSR count). The number of nitrogens with zero attached hydrogens (tertiary/aromatic N) is 3. The predicted octanol–water partition coefficient (Wildman–Crippen LogP) is 3.55. The van der Waals surface area contributed by atoms with E-state index in [-0.39, 0.29) is 0 Å². The summed E-state index contributed by atoms with van der Waals surface area (Å²) in [5.41, 5.74) is 2.59. The molecule has 1 aliphatic heterocycles. The molecule has 1 atom stereocenters. The van der Waals surface area contributed by atoms with E-state index in [1.54, 1.807) is 6.33 Å². The van der Waals surface area contributed by atoms with Crippen LogP contribution in [0.15, 0.2) is 36.7 Å². The molecule has 1 aromatic heterocycles. The van der Waals surface area contributed by atoms with Gasteiger partial charge >= 0.3 is 0 Å². The zero-order chi connectivity index (χ0) is 17.5. The zero-order valence-electron chi connectivity index (χ0n) is 15.3. The summed E-state index contributed by atoms with van der Waals surface area (Å²) >= 11 is 0. The molecule has 5 heteroatoms. The smallest absolute Gasteiger partial charge is 0.134 e. The van der Waals surface area contributed by atoms with Crippen LogP contribution in [0.3, 0.4) is 0 Å². The van der Waals surface area contributed by atoms with Gasteiger partial charge in [-0.2, -0.15) is 0 Å². The van der Waals surface area contributed by atoms with Crippen LogP contribution in [0.5, 0.6) is 0 Å². The monoisotopic (exact) mass is 339 g/mol. The Balaban J connectivity index is 1.66. The van der Waals surface area contributed by atoms with Crippen LogP contribution in [0.4, 0.5) is 11.6 Å². The van der Waals surface area contributed by atoms with Crippen LogP contribution >= 0.6 is 0 Å². The Morgan fingerprint density at radius 1 is 1.16 bits per heavy atom. The van der Waals surface area contributed by atoms with Crippen LogP contribution in [0.25, 0.3) is 0 Å². The largest absolute Gasteiger partial charge is 0.373 e. The van der Waals surface area contributed by atoms with E-state index in [1.807, 2.05) is 7.05 Å². The lowest BCUT2D eigenvalue weighted by molar-refractivity contribution is 0.208. The maximum Gasteiger partial charge on any atom is 0.134 e. The summed E-state index contributed by atoms with van der Waals surface area (Å²) in [6.07, 6.45) is 6.13. The van der Waals surface area contributed by atoms with Gasteiger partial charge in [0.1, 0.15) is 18.0 Å². The minimum Gasteiger partial charge on any atom is -0.373 e. The Morgan fingerprint density at radius 2 is 1.96 bits per heavy atom. The highest BCUT2D eigenvalue weighted by Crippen LogP contribution is 2.24. The zero-order valence-corrected chi connectivity index (χ0v) is 15.3. The van der Waals surface area contributed by atoms with E-state index in [9.17, 15) is 0 Å². The molecule has 0 aliphatic carbocycles. The lowest BCUT2D eigenvalue weighted by Gasteiger charge is -2.33. The number of rotatable bonds is 7. The average molecular weight is 339 g/mol. The molecular weight excluding hydrogens is 310 g/mol. The number of aromatic nitrogens is 2. The highest BCUT2D eigenvalue weighted by molar-refractivity contribution is 5.57. The molecule has 1 saturated heterocycles. The molecule has 0 amide bonds. The van der Waals surface area contributed by atoms with Crippen LogP contribution in [0.2, 0.25) is 0 Å². The van der Waals surface area contributed by atoms with Crippen LogP contribution in [-0.4, -0.2) is 41.0 Å². The van der Waals surface area contributed by atoms with Gasteiger partial charge in [-0.05, 0) is 31.4 Å². The molecule has 1 unspecified atom stereocenters. The average Bonchev–Trinajstić information content (AvgIpc) is 2.64. The summed E-state index contributed by atoms with van der Waals surface area (Å²) in [5, 5.41) is 6.89. The summed E-state index contributed by atoms with van der Waals surface area (Å²) in [6, 6.07) is 11.2. The summed E-state index contributed by atoms with van der Waals surface area (Å²) in [7, 11) is 1.92. The van der Waals surface area contributed by atoms with Crippen molar-refractivity contribution in [2.45, 2.75) is 45.2 Å². The van der Waals surface area contributed by atoms with Crippen molar-refractivity contribution in [2.24, 2.45) is 0 Å². The molecule has 0 bridgehead atoms. The van der Waals surface area contributed by atoms with Crippen molar-refractivity contribution >= 4 is 11.6 Å². The molecule has 0 saturated carbocycles. The Hall–Kier alpha value is -2.14. The van der Waals surface area contributed by atoms with E-state index >= 15 is 0 Å². The fraction of sp³-hybridized carbons (Fsp3) is 0.500. The minimum atomic E-state index is 0.438. The van der Waals surface area contributed by atoms with Crippen molar-refractivity contribution in [3.05, 3.63) is 47.8 Å². The molecule has 134 valence electrons. The molecule has 1 aromatic carbocycles. The number of likely N-dealkylation sites (tertiary alicyclic amines) is 1. The van der Waals surface area contributed by atoms with Crippen LogP contribution in [-0.2, 0) is 13.0 Å². The van der Waals surface area contributed by atoms with Crippen LogP contribution in [0, 0.1) is 0 Å². The minimum absolute atomic E-state index is 0.438. The van der Waals surface area contributed by atoms with E-state index in [2.05, 4.69) is 62.8 Å². The van der Waals surface area contributed by atoms with Crippen molar-refractivity contribution in [3.63, 3.8) is 0 Å². The van der Waals surface area contributed by atoms with Gasteiger partial charge in [0.25, 0.3) is 0 Å². The molecule has 2 N–H and O–H groups in total. The molecule has 0 radical (unpaired) electrons. The number of benzene rings is 1. The Bertz CT molecular complexity index is 658. The first-order chi connectivity index (χ1) is 12.3. The van der Waals surface area contributed by atoms with Gasteiger partial charge in [-0.15, -0.1) is 0 Å². The third-order valence-corrected chi connectivity index (χ3v) is 4.78. The second kappa shape index (κ2) is 8.81. The van der Waals surface area contributed by atoms with Gasteiger partial charge in [-0.25, -0.2) is 9.97 Å². The van der Waals surface area contributed by atoms with Crippen molar-refractivity contribution in [2.75, 3.05) is 30.8 Å². The first-order valence-electron chi connectivity index (χ1n) is 9.34. The maximum absolute atomic E-state index is 4.53. The number of hydrogen-bond acceptors (Lipinski definition) is 5. The third kappa shape index (κ3) is 4.69. The number of anilines is 2. The standard InChI is InChI=1S/C20H29N5/c1-3-8-18-19(21-2)22-15-23-20(18)24-17-11-7-12-25(14-17)13-16-9-5-4-6-10-16/h4-6,9-10,15,17H,3,7-8,11-14H2,1-2H3,(H2,21,22,23,24). The van der Waals surface area contributed by atoms with Crippen molar-refractivity contribution in [3.8, 4) is 0 Å². The van der Waals surface area contributed by atoms with E-state index in [0.717, 1.165) is 37.6 Å². The van der Waals surface area contributed by atoms with E-state index in [4.69, 9.17) is 0 Å². The Kier molecular flexibility index (Phi) is 6.23. The van der Waals surface area contributed by atoms with Gasteiger partial charge < -0.3 is 10.6 Å². The first kappa shape index (κ1) is 17.7. The predicted molar refractivity (Wildman–Crippen MR) is 104 cm³/mol. The third-order valence-electron chi connectivity index (χ3n) is 4.78. The van der Waals surface area contributed by atoms with Crippen molar-refractivity contribution < 1.29 is 0 Å². The Morgan fingerprint density at radius 3 is 2.72 bits per heavy atom. The van der Waals surface area contributed by atoms with Crippen molar-refractivity contribution in [1.82, 2.24) is 14.9 Å². The molecule has 2 heterocycles. The quantitative estimate of drug-likeness (QED) is 0.808. The number of hydrogen-bond donors (Lipinski definition) is 2. The van der Waals surface area contributed by atoms with Crippen LogP contribution < -0.4 is 10.6 Å². The maximum atomic E-state index is 4.53. The fourth-order valence-electron chi connectivity index (χ4n) is 3.59. The topological polar surface area (TPSA) is 53.1 Å². The lowest BCUT2D eigenvalue weighted by Crippen LogP contribution is -2.42. The molecular formula is C20H29N5. The number of nitrogens with one attached hydrogen (secondary N) is 2. The van der Waals surface area contributed by atoms with Gasteiger partial charge in [0.15, 0.2) is 0 Å². The summed E-state index contributed by atoms with van der Waals surface area (Å²) in [6.45, 7) is 5.44. The lowest BCUT2D eigenvalue weighted by atomic mass is 10.0. The second-order valence-corrected chi connectivity index (χ2v) is 6.75. The molecule has 0 spiro atoms. The van der Waals surface area contributed by atoms with Crippen LogP contribution in [0.1, 0.15) is 37.3 Å². The highest BCUT2D eigenvalue weighted by atomic mass is 15.2. The number of piperidine rings is 1. The van der Waals surface area contributed by atoms with Gasteiger partial charge in [0.2, 0.25) is 0 Å². The summed E-state index contributed by atoms with van der Waals surface area (Å²) in [4.78, 5) is 11.4. The molecule has 25 heavy (non-hydrogen) atoms.